The lowest BCUT2D eigenvalue weighted by Crippen LogP contribution is -2.46. The van der Waals surface area contributed by atoms with Gasteiger partial charge in [-0.2, -0.15) is 11.8 Å². The molecule has 1 saturated heterocycles. The number of rotatable bonds is 6. The first-order valence-electron chi connectivity index (χ1n) is 6.27. The lowest BCUT2D eigenvalue weighted by molar-refractivity contribution is 0.200. The summed E-state index contributed by atoms with van der Waals surface area (Å²) >= 11 is 1.96. The largest absolute Gasteiger partial charge is 0.310 e. The van der Waals surface area contributed by atoms with E-state index in [1.165, 1.54) is 44.6 Å². The Labute approximate surface area is 99.2 Å². The average Bonchev–Trinajstić information content (AvgIpc) is 2.29. The summed E-state index contributed by atoms with van der Waals surface area (Å²) in [7, 11) is 0. The lowest BCUT2D eigenvalue weighted by atomic mass is 10.0. The van der Waals surface area contributed by atoms with E-state index in [1.54, 1.807) is 0 Å². The molecule has 1 fully saturated rings. The van der Waals surface area contributed by atoms with Gasteiger partial charge >= 0.3 is 0 Å². The van der Waals surface area contributed by atoms with Crippen LogP contribution in [0.25, 0.3) is 0 Å². The van der Waals surface area contributed by atoms with E-state index >= 15 is 0 Å². The third-order valence-corrected chi connectivity index (χ3v) is 4.10. The Morgan fingerprint density at radius 3 is 2.47 bits per heavy atom. The van der Waals surface area contributed by atoms with E-state index < -0.39 is 0 Å². The monoisotopic (exact) mass is 230 g/mol. The highest BCUT2D eigenvalue weighted by Gasteiger charge is 2.19. The Morgan fingerprint density at radius 2 is 2.00 bits per heavy atom. The van der Waals surface area contributed by atoms with Crippen molar-refractivity contribution in [1.82, 2.24) is 10.2 Å². The topological polar surface area (TPSA) is 15.3 Å². The molecule has 2 nitrogen and oxygen atoms in total. The minimum atomic E-state index is 0.721. The highest BCUT2D eigenvalue weighted by Crippen LogP contribution is 2.12. The van der Waals surface area contributed by atoms with Crippen LogP contribution >= 0.6 is 11.8 Å². The van der Waals surface area contributed by atoms with Crippen molar-refractivity contribution in [3.63, 3.8) is 0 Å². The summed E-state index contributed by atoms with van der Waals surface area (Å²) in [5.41, 5.74) is 0. The summed E-state index contributed by atoms with van der Waals surface area (Å²) in [6, 6.07) is 1.49. The van der Waals surface area contributed by atoms with Gasteiger partial charge in [-0.1, -0.05) is 13.8 Å². The molecule has 0 aliphatic carbocycles. The van der Waals surface area contributed by atoms with Gasteiger partial charge in [0.15, 0.2) is 0 Å². The number of thioether (sulfide) groups is 1. The second-order valence-electron chi connectivity index (χ2n) is 4.44. The third kappa shape index (κ3) is 4.75. The second kappa shape index (κ2) is 7.53. The van der Waals surface area contributed by atoms with Crippen molar-refractivity contribution in [1.29, 1.82) is 0 Å². The molecular weight excluding hydrogens is 204 g/mol. The normalized spacial score (nSPS) is 21.8. The molecular formula is C12H26N2S. The van der Waals surface area contributed by atoms with Gasteiger partial charge in [0.05, 0.1) is 0 Å². The summed E-state index contributed by atoms with van der Waals surface area (Å²) in [5, 5.41) is 3.80. The van der Waals surface area contributed by atoms with Crippen molar-refractivity contribution in [2.24, 2.45) is 0 Å². The van der Waals surface area contributed by atoms with Crippen LogP contribution in [0.1, 0.15) is 33.1 Å². The smallest absolute Gasteiger partial charge is 0.0158 e. The Bertz CT molecular complexity index is 156. The molecule has 1 unspecified atom stereocenters. The summed E-state index contributed by atoms with van der Waals surface area (Å²) in [6.45, 7) is 8.33. The van der Waals surface area contributed by atoms with Crippen molar-refractivity contribution in [2.45, 2.75) is 45.2 Å². The van der Waals surface area contributed by atoms with Crippen LogP contribution in [0.15, 0.2) is 0 Å². The molecule has 0 bridgehead atoms. The van der Waals surface area contributed by atoms with Crippen molar-refractivity contribution in [2.75, 3.05) is 31.6 Å². The van der Waals surface area contributed by atoms with E-state index in [2.05, 4.69) is 30.3 Å². The molecule has 0 radical (unpaired) electrons. The fourth-order valence-electron chi connectivity index (χ4n) is 2.23. The molecule has 0 saturated carbocycles. The molecule has 0 spiro atoms. The van der Waals surface area contributed by atoms with E-state index in [0.717, 1.165) is 12.1 Å². The zero-order valence-electron chi connectivity index (χ0n) is 10.5. The van der Waals surface area contributed by atoms with Gasteiger partial charge in [0.1, 0.15) is 0 Å². The molecule has 0 amide bonds. The first kappa shape index (κ1) is 13.3. The zero-order valence-corrected chi connectivity index (χ0v) is 11.3. The summed E-state index contributed by atoms with van der Waals surface area (Å²) in [5.74, 6) is 1.25. The molecule has 0 aromatic heterocycles. The van der Waals surface area contributed by atoms with E-state index in [0.29, 0.717) is 0 Å². The van der Waals surface area contributed by atoms with E-state index in [4.69, 9.17) is 0 Å². The molecule has 3 heteroatoms. The average molecular weight is 230 g/mol. The zero-order chi connectivity index (χ0) is 11.1. The van der Waals surface area contributed by atoms with Gasteiger partial charge in [0.25, 0.3) is 0 Å². The van der Waals surface area contributed by atoms with Crippen LogP contribution in [0.5, 0.6) is 0 Å². The molecule has 1 N–H and O–H groups in total. The van der Waals surface area contributed by atoms with Gasteiger partial charge in [0.2, 0.25) is 0 Å². The molecule has 90 valence electrons. The van der Waals surface area contributed by atoms with Crippen LogP contribution in [0.2, 0.25) is 0 Å². The standard InChI is InChI=1S/C12H26N2S/c1-4-11(10-15-3)13-12-6-8-14(5-2)9-7-12/h11-13H,4-10H2,1-3H3. The number of piperidine rings is 1. The van der Waals surface area contributed by atoms with Crippen molar-refractivity contribution in [3.8, 4) is 0 Å². The van der Waals surface area contributed by atoms with Gasteiger partial charge < -0.3 is 10.2 Å². The minimum Gasteiger partial charge on any atom is -0.310 e. The van der Waals surface area contributed by atoms with Crippen molar-refractivity contribution >= 4 is 11.8 Å². The number of hydrogen-bond acceptors (Lipinski definition) is 3. The van der Waals surface area contributed by atoms with Gasteiger partial charge in [0, 0.05) is 17.8 Å². The Morgan fingerprint density at radius 1 is 1.33 bits per heavy atom. The Hall–Kier alpha value is 0.270. The van der Waals surface area contributed by atoms with E-state index in [9.17, 15) is 0 Å². The van der Waals surface area contributed by atoms with Gasteiger partial charge in [-0.25, -0.2) is 0 Å². The summed E-state index contributed by atoms with van der Waals surface area (Å²) < 4.78 is 0. The quantitative estimate of drug-likeness (QED) is 0.753. The molecule has 0 aromatic carbocycles. The Kier molecular flexibility index (Phi) is 6.69. The second-order valence-corrected chi connectivity index (χ2v) is 5.35. The van der Waals surface area contributed by atoms with Gasteiger partial charge in [-0.05, 0) is 45.2 Å². The summed E-state index contributed by atoms with van der Waals surface area (Å²) in [4.78, 5) is 2.55. The van der Waals surface area contributed by atoms with Crippen LogP contribution in [0.3, 0.4) is 0 Å². The fourth-order valence-corrected chi connectivity index (χ4v) is 2.97. The summed E-state index contributed by atoms with van der Waals surface area (Å²) in [6.07, 6.45) is 6.12. The highest BCUT2D eigenvalue weighted by molar-refractivity contribution is 7.98. The predicted octanol–water partition coefficient (Wildman–Crippen LogP) is 2.20. The first-order valence-corrected chi connectivity index (χ1v) is 7.66. The number of nitrogens with zero attached hydrogens (tertiary/aromatic N) is 1. The highest BCUT2D eigenvalue weighted by atomic mass is 32.2. The molecule has 1 rings (SSSR count). The lowest BCUT2D eigenvalue weighted by Gasteiger charge is -2.33. The molecule has 1 heterocycles. The number of nitrogens with one attached hydrogen (secondary N) is 1. The van der Waals surface area contributed by atoms with Crippen LogP contribution in [-0.4, -0.2) is 48.6 Å². The van der Waals surface area contributed by atoms with Crippen LogP contribution in [-0.2, 0) is 0 Å². The third-order valence-electron chi connectivity index (χ3n) is 3.37. The fraction of sp³-hybridized carbons (Fsp3) is 1.00. The first-order chi connectivity index (χ1) is 7.30. The minimum absolute atomic E-state index is 0.721. The molecule has 1 atom stereocenters. The maximum Gasteiger partial charge on any atom is 0.0158 e. The Balaban J connectivity index is 2.21. The molecule has 1 aliphatic heterocycles. The molecule has 1 aliphatic rings. The van der Waals surface area contributed by atoms with E-state index in [1.807, 2.05) is 11.8 Å². The van der Waals surface area contributed by atoms with E-state index in [-0.39, 0.29) is 0 Å². The van der Waals surface area contributed by atoms with Gasteiger partial charge in [-0.3, -0.25) is 0 Å². The van der Waals surface area contributed by atoms with Gasteiger partial charge in [-0.15, -0.1) is 0 Å². The van der Waals surface area contributed by atoms with Crippen LogP contribution < -0.4 is 5.32 Å². The molecule has 0 aromatic rings. The van der Waals surface area contributed by atoms with Crippen molar-refractivity contribution in [3.05, 3.63) is 0 Å². The predicted molar refractivity (Wildman–Crippen MR) is 70.7 cm³/mol. The maximum atomic E-state index is 3.80. The SMILES string of the molecule is CCC(CSC)NC1CCN(CC)CC1. The van der Waals surface area contributed by atoms with Crippen LogP contribution in [0.4, 0.5) is 0 Å². The maximum absolute atomic E-state index is 3.80. The van der Waals surface area contributed by atoms with Crippen LogP contribution in [0, 0.1) is 0 Å². The molecule has 15 heavy (non-hydrogen) atoms. The van der Waals surface area contributed by atoms with Crippen molar-refractivity contribution < 1.29 is 0 Å². The number of hydrogen-bond donors (Lipinski definition) is 1. The number of likely N-dealkylation sites (tertiary alicyclic amines) is 1.